The predicted molar refractivity (Wildman–Crippen MR) is 85.8 cm³/mol. The summed E-state index contributed by atoms with van der Waals surface area (Å²) in [4.78, 5) is 0. The summed E-state index contributed by atoms with van der Waals surface area (Å²) in [5.74, 6) is 0.919. The minimum atomic E-state index is 0.480. The Morgan fingerprint density at radius 2 is 1.80 bits per heavy atom. The summed E-state index contributed by atoms with van der Waals surface area (Å²) in [5.41, 5.74) is 5.33. The summed E-state index contributed by atoms with van der Waals surface area (Å²) >= 11 is 0. The van der Waals surface area contributed by atoms with Crippen LogP contribution in [0, 0.1) is 30.6 Å². The third-order valence-corrected chi connectivity index (χ3v) is 6.96. The molecular weight excluding hydrogens is 242 g/mol. The van der Waals surface area contributed by atoms with E-state index in [0.717, 1.165) is 12.5 Å². The number of nitrogens with one attached hydrogen (secondary N) is 1. The minimum absolute atomic E-state index is 0.480. The molecule has 0 aromatic heterocycles. The van der Waals surface area contributed by atoms with Gasteiger partial charge in [0, 0.05) is 12.6 Å². The molecule has 2 aliphatic carbocycles. The Labute approximate surface area is 124 Å². The molecular formula is C19H29N. The summed E-state index contributed by atoms with van der Waals surface area (Å²) < 4.78 is 0. The highest BCUT2D eigenvalue weighted by molar-refractivity contribution is 5.33. The Bertz CT molecular complexity index is 496. The zero-order valence-corrected chi connectivity index (χ0v) is 13.7. The third-order valence-electron chi connectivity index (χ3n) is 6.96. The number of rotatable bonds is 3. The topological polar surface area (TPSA) is 12.0 Å². The van der Waals surface area contributed by atoms with Gasteiger partial charge >= 0.3 is 0 Å². The molecule has 0 spiro atoms. The van der Waals surface area contributed by atoms with E-state index in [1.165, 1.54) is 36.0 Å². The first-order valence-electron chi connectivity index (χ1n) is 8.15. The average Bonchev–Trinajstić information content (AvgIpc) is 2.71. The van der Waals surface area contributed by atoms with E-state index in [1.54, 1.807) is 0 Å². The normalized spacial score (nSPS) is 34.6. The quantitative estimate of drug-likeness (QED) is 0.846. The molecule has 2 bridgehead atoms. The number of fused-ring (bicyclic) bond motifs is 2. The first-order valence-corrected chi connectivity index (χ1v) is 8.15. The third kappa shape index (κ3) is 1.86. The summed E-state index contributed by atoms with van der Waals surface area (Å²) in [5, 5.41) is 3.91. The van der Waals surface area contributed by atoms with Crippen LogP contribution >= 0.6 is 0 Å². The van der Waals surface area contributed by atoms with Crippen LogP contribution in [0.4, 0.5) is 0 Å². The molecule has 1 aromatic rings. The van der Waals surface area contributed by atoms with E-state index in [9.17, 15) is 0 Å². The van der Waals surface area contributed by atoms with E-state index < -0.39 is 0 Å². The number of aryl methyl sites for hydroxylation is 2. The lowest BCUT2D eigenvalue weighted by Gasteiger charge is -2.39. The molecule has 0 heterocycles. The molecule has 0 aliphatic heterocycles. The van der Waals surface area contributed by atoms with Crippen LogP contribution in [0.1, 0.15) is 56.7 Å². The van der Waals surface area contributed by atoms with E-state index in [-0.39, 0.29) is 0 Å². The van der Waals surface area contributed by atoms with Crippen LogP contribution in [-0.4, -0.2) is 6.04 Å². The van der Waals surface area contributed by atoms with Gasteiger partial charge in [0.2, 0.25) is 0 Å². The van der Waals surface area contributed by atoms with Crippen molar-refractivity contribution in [3.8, 4) is 0 Å². The van der Waals surface area contributed by atoms with Gasteiger partial charge in [-0.1, -0.05) is 39.0 Å². The molecule has 1 nitrogen and oxygen atoms in total. The molecule has 2 saturated carbocycles. The molecule has 3 atom stereocenters. The first kappa shape index (κ1) is 14.1. The molecule has 2 fully saturated rings. The smallest absolute Gasteiger partial charge is 0.0213 e. The lowest BCUT2D eigenvalue weighted by atomic mass is 9.69. The van der Waals surface area contributed by atoms with Crippen molar-refractivity contribution in [2.24, 2.45) is 16.7 Å². The van der Waals surface area contributed by atoms with Crippen LogP contribution in [0.25, 0.3) is 0 Å². The minimum Gasteiger partial charge on any atom is -0.309 e. The maximum atomic E-state index is 3.91. The Morgan fingerprint density at radius 3 is 2.30 bits per heavy atom. The van der Waals surface area contributed by atoms with Gasteiger partial charge in [-0.05, 0) is 66.5 Å². The molecule has 1 N–H and O–H groups in total. The van der Waals surface area contributed by atoms with Crippen LogP contribution in [0.5, 0.6) is 0 Å². The van der Waals surface area contributed by atoms with E-state index in [0.29, 0.717) is 16.9 Å². The van der Waals surface area contributed by atoms with E-state index >= 15 is 0 Å². The van der Waals surface area contributed by atoms with Gasteiger partial charge in [-0.25, -0.2) is 0 Å². The lowest BCUT2D eigenvalue weighted by Crippen LogP contribution is -2.44. The number of hydrogen-bond donors (Lipinski definition) is 1. The maximum absolute atomic E-state index is 3.91. The Morgan fingerprint density at radius 1 is 1.15 bits per heavy atom. The molecule has 0 radical (unpaired) electrons. The monoisotopic (exact) mass is 271 g/mol. The second-order valence-corrected chi connectivity index (χ2v) is 7.91. The van der Waals surface area contributed by atoms with Crippen molar-refractivity contribution in [3.63, 3.8) is 0 Å². The van der Waals surface area contributed by atoms with E-state index in [1.807, 2.05) is 0 Å². The summed E-state index contributed by atoms with van der Waals surface area (Å²) in [6, 6.07) is 7.32. The number of benzene rings is 1. The fourth-order valence-corrected chi connectivity index (χ4v) is 4.87. The zero-order chi connectivity index (χ0) is 14.5. The lowest BCUT2D eigenvalue weighted by molar-refractivity contribution is 0.120. The van der Waals surface area contributed by atoms with E-state index in [4.69, 9.17) is 0 Å². The van der Waals surface area contributed by atoms with Gasteiger partial charge in [-0.3, -0.25) is 0 Å². The maximum Gasteiger partial charge on any atom is 0.0213 e. The van der Waals surface area contributed by atoms with Crippen LogP contribution in [0.3, 0.4) is 0 Å². The highest BCUT2D eigenvalue weighted by Crippen LogP contribution is 2.65. The molecule has 0 amide bonds. The molecule has 2 aliphatic rings. The highest BCUT2D eigenvalue weighted by atomic mass is 15.0. The van der Waals surface area contributed by atoms with Crippen molar-refractivity contribution < 1.29 is 0 Å². The molecule has 3 rings (SSSR count). The van der Waals surface area contributed by atoms with Crippen molar-refractivity contribution in [3.05, 3.63) is 34.9 Å². The number of hydrogen-bond acceptors (Lipinski definition) is 1. The predicted octanol–water partition coefficient (Wildman–Crippen LogP) is 4.61. The van der Waals surface area contributed by atoms with Crippen LogP contribution in [0.15, 0.2) is 18.2 Å². The van der Waals surface area contributed by atoms with Gasteiger partial charge in [0.15, 0.2) is 0 Å². The standard InChI is InChI=1S/C19H29N/c1-13-7-6-8-14(2)16(13)12-20-17-11-15-9-10-19(17,5)18(15,3)4/h6-8,15,17,20H,9-12H2,1-5H3. The van der Waals surface area contributed by atoms with Crippen LogP contribution in [-0.2, 0) is 6.54 Å². The summed E-state index contributed by atoms with van der Waals surface area (Å²) in [6.07, 6.45) is 4.20. The second kappa shape index (κ2) is 4.59. The molecule has 1 heteroatoms. The van der Waals surface area contributed by atoms with Crippen molar-refractivity contribution in [2.75, 3.05) is 0 Å². The second-order valence-electron chi connectivity index (χ2n) is 7.91. The first-order chi connectivity index (χ1) is 9.36. The van der Waals surface area contributed by atoms with Gasteiger partial charge in [0.1, 0.15) is 0 Å². The zero-order valence-electron chi connectivity index (χ0n) is 13.7. The highest BCUT2D eigenvalue weighted by Gasteiger charge is 2.60. The van der Waals surface area contributed by atoms with Crippen molar-refractivity contribution in [2.45, 2.75) is 66.5 Å². The van der Waals surface area contributed by atoms with E-state index in [2.05, 4.69) is 58.1 Å². The summed E-state index contributed by atoms with van der Waals surface area (Å²) in [7, 11) is 0. The molecule has 0 saturated heterocycles. The van der Waals surface area contributed by atoms with Crippen LogP contribution in [0.2, 0.25) is 0 Å². The van der Waals surface area contributed by atoms with Crippen molar-refractivity contribution >= 4 is 0 Å². The van der Waals surface area contributed by atoms with Gasteiger partial charge in [0.05, 0.1) is 0 Å². The largest absolute Gasteiger partial charge is 0.309 e. The Kier molecular flexibility index (Phi) is 3.25. The molecule has 20 heavy (non-hydrogen) atoms. The van der Waals surface area contributed by atoms with Crippen LogP contribution < -0.4 is 5.32 Å². The fraction of sp³-hybridized carbons (Fsp3) is 0.684. The molecule has 1 aromatic carbocycles. The van der Waals surface area contributed by atoms with Gasteiger partial charge < -0.3 is 5.32 Å². The van der Waals surface area contributed by atoms with Gasteiger partial charge in [-0.2, -0.15) is 0 Å². The average molecular weight is 271 g/mol. The SMILES string of the molecule is Cc1cccc(C)c1CNC1CC2CCC1(C)C2(C)C. The van der Waals surface area contributed by atoms with Gasteiger partial charge in [-0.15, -0.1) is 0 Å². The van der Waals surface area contributed by atoms with Crippen molar-refractivity contribution in [1.29, 1.82) is 0 Å². The van der Waals surface area contributed by atoms with Gasteiger partial charge in [0.25, 0.3) is 0 Å². The Hall–Kier alpha value is -0.820. The Balaban J connectivity index is 1.75. The molecule has 3 unspecified atom stereocenters. The fourth-order valence-electron chi connectivity index (χ4n) is 4.87. The summed E-state index contributed by atoms with van der Waals surface area (Å²) in [6.45, 7) is 13.0. The van der Waals surface area contributed by atoms with Crippen molar-refractivity contribution in [1.82, 2.24) is 5.32 Å². The molecule has 110 valence electrons.